The Morgan fingerprint density at radius 3 is 1.90 bits per heavy atom. The fraction of sp³-hybridized carbons (Fsp3) is 0.531. The molecule has 224 valence electrons. The van der Waals surface area contributed by atoms with Crippen molar-refractivity contribution >= 4 is 29.3 Å². The lowest BCUT2D eigenvalue weighted by atomic mass is 10.1. The number of unbranched alkanes of at least 4 members (excludes halogenated alkanes) is 4. The second kappa shape index (κ2) is 17.3. The van der Waals surface area contributed by atoms with Crippen LogP contribution >= 0.6 is 0 Å². The zero-order valence-electron chi connectivity index (χ0n) is 25.0. The van der Waals surface area contributed by atoms with Gasteiger partial charge in [0.15, 0.2) is 0 Å². The molecule has 1 fully saturated rings. The van der Waals surface area contributed by atoms with Crippen LogP contribution < -0.4 is 10.2 Å². The Bertz CT molecular complexity index is 1020. The molecule has 1 saturated heterocycles. The van der Waals surface area contributed by atoms with Crippen LogP contribution in [-0.2, 0) is 9.53 Å². The second-order valence-corrected chi connectivity index (χ2v) is 10.4. The van der Waals surface area contributed by atoms with Gasteiger partial charge < -0.3 is 24.8 Å². The number of amides is 5. The number of methoxy groups -OCH3 is 1. The molecule has 0 radical (unpaired) electrons. The average Bonchev–Trinajstić information content (AvgIpc) is 3.01. The van der Waals surface area contributed by atoms with Crippen molar-refractivity contribution in [1.29, 1.82) is 0 Å². The van der Waals surface area contributed by atoms with E-state index < -0.39 is 6.04 Å². The predicted octanol–water partition coefficient (Wildman–Crippen LogP) is 5.50. The summed E-state index contributed by atoms with van der Waals surface area (Å²) >= 11 is 0. The molecule has 1 N–H and O–H groups in total. The van der Waals surface area contributed by atoms with Crippen LogP contribution in [0.2, 0.25) is 0 Å². The lowest BCUT2D eigenvalue weighted by Crippen LogP contribution is -2.64. The van der Waals surface area contributed by atoms with E-state index in [1.807, 2.05) is 65.6 Å². The molecule has 0 aromatic heterocycles. The number of nitrogens with zero attached hydrogens (tertiary/aromatic N) is 4. The van der Waals surface area contributed by atoms with E-state index in [0.29, 0.717) is 44.2 Å². The van der Waals surface area contributed by atoms with Gasteiger partial charge in [-0.2, -0.15) is 0 Å². The number of rotatable bonds is 14. The van der Waals surface area contributed by atoms with E-state index in [0.717, 1.165) is 38.5 Å². The monoisotopic (exact) mass is 565 g/mol. The van der Waals surface area contributed by atoms with Gasteiger partial charge in [-0.05, 0) is 37.1 Å². The highest BCUT2D eigenvalue weighted by Crippen LogP contribution is 2.28. The van der Waals surface area contributed by atoms with Crippen LogP contribution in [0.1, 0.15) is 52.4 Å². The predicted molar refractivity (Wildman–Crippen MR) is 163 cm³/mol. The molecule has 1 aliphatic heterocycles. The SMILES string of the molecule is CCCCCN(CCCCC)C(=O)N1CCN(C(=O)N(c2ccccc2)c2ccccc2)C(C(=O)NCCOC)C1. The number of para-hydroxylation sites is 2. The Labute approximate surface area is 245 Å². The highest BCUT2D eigenvalue weighted by atomic mass is 16.5. The molecule has 0 spiro atoms. The molecule has 1 aliphatic rings. The second-order valence-electron chi connectivity index (χ2n) is 10.4. The summed E-state index contributed by atoms with van der Waals surface area (Å²) in [5.74, 6) is -0.294. The normalized spacial score (nSPS) is 15.0. The molecular formula is C32H47N5O4. The standard InChI is InChI=1S/C32H47N5O4/c1-4-6-14-21-34(22-15-7-5-2)31(39)35-23-24-36(29(26-35)30(38)33-20-25-41-3)32(40)37(27-16-10-8-11-17-27)28-18-12-9-13-19-28/h8-13,16-19,29H,4-7,14-15,20-26H2,1-3H3,(H,33,38). The number of anilines is 2. The Morgan fingerprint density at radius 1 is 0.829 bits per heavy atom. The zero-order chi connectivity index (χ0) is 29.5. The number of carbonyl (C=O) groups excluding carboxylic acids is 3. The summed E-state index contributed by atoms with van der Waals surface area (Å²) in [6.07, 6.45) is 6.22. The minimum atomic E-state index is -0.833. The van der Waals surface area contributed by atoms with Crippen molar-refractivity contribution < 1.29 is 19.1 Å². The van der Waals surface area contributed by atoms with Gasteiger partial charge in [0, 0.05) is 39.8 Å². The van der Waals surface area contributed by atoms with Gasteiger partial charge in [-0.25, -0.2) is 9.59 Å². The van der Waals surface area contributed by atoms with Crippen molar-refractivity contribution in [3.63, 3.8) is 0 Å². The van der Waals surface area contributed by atoms with Gasteiger partial charge in [-0.3, -0.25) is 9.69 Å². The number of ether oxygens (including phenoxy) is 1. The maximum Gasteiger partial charge on any atom is 0.329 e. The third-order valence-corrected chi connectivity index (χ3v) is 7.36. The van der Waals surface area contributed by atoms with Gasteiger partial charge in [0.2, 0.25) is 5.91 Å². The van der Waals surface area contributed by atoms with E-state index in [1.165, 1.54) is 0 Å². The fourth-order valence-corrected chi connectivity index (χ4v) is 5.07. The number of carbonyl (C=O) groups is 3. The van der Waals surface area contributed by atoms with Crippen LogP contribution in [-0.4, -0.2) is 91.7 Å². The summed E-state index contributed by atoms with van der Waals surface area (Å²) in [7, 11) is 1.58. The Balaban J connectivity index is 1.87. The Morgan fingerprint density at radius 2 is 1.39 bits per heavy atom. The average molecular weight is 566 g/mol. The summed E-state index contributed by atoms with van der Waals surface area (Å²) in [5.41, 5.74) is 1.41. The van der Waals surface area contributed by atoms with Crippen molar-refractivity contribution in [1.82, 2.24) is 20.0 Å². The zero-order valence-corrected chi connectivity index (χ0v) is 25.0. The van der Waals surface area contributed by atoms with Crippen LogP contribution in [0.25, 0.3) is 0 Å². The third-order valence-electron chi connectivity index (χ3n) is 7.36. The number of hydrogen-bond donors (Lipinski definition) is 1. The largest absolute Gasteiger partial charge is 0.383 e. The number of urea groups is 2. The first-order valence-electron chi connectivity index (χ1n) is 15.0. The van der Waals surface area contributed by atoms with E-state index in [1.54, 1.807) is 21.8 Å². The summed E-state index contributed by atoms with van der Waals surface area (Å²) in [6.45, 7) is 7.15. The molecule has 0 aliphatic carbocycles. The van der Waals surface area contributed by atoms with Crippen LogP contribution in [0.5, 0.6) is 0 Å². The highest BCUT2D eigenvalue weighted by molar-refractivity contribution is 6.01. The fourth-order valence-electron chi connectivity index (χ4n) is 5.07. The molecule has 41 heavy (non-hydrogen) atoms. The molecule has 0 saturated carbocycles. The van der Waals surface area contributed by atoms with E-state index in [9.17, 15) is 14.4 Å². The molecular weight excluding hydrogens is 518 g/mol. The number of piperazine rings is 1. The van der Waals surface area contributed by atoms with E-state index in [-0.39, 0.29) is 31.1 Å². The maximum absolute atomic E-state index is 14.2. The van der Waals surface area contributed by atoms with Gasteiger partial charge in [-0.1, -0.05) is 75.9 Å². The molecule has 2 aromatic carbocycles. The summed E-state index contributed by atoms with van der Waals surface area (Å²) in [5, 5.41) is 2.90. The van der Waals surface area contributed by atoms with Gasteiger partial charge in [0.1, 0.15) is 6.04 Å². The van der Waals surface area contributed by atoms with E-state index in [4.69, 9.17) is 4.74 Å². The first kappa shape index (κ1) is 31.9. The van der Waals surface area contributed by atoms with Crippen LogP contribution in [0.4, 0.5) is 21.0 Å². The molecule has 2 aromatic rings. The van der Waals surface area contributed by atoms with Crippen LogP contribution in [0, 0.1) is 0 Å². The Hall–Kier alpha value is -3.59. The van der Waals surface area contributed by atoms with Gasteiger partial charge in [0.25, 0.3) is 0 Å². The minimum absolute atomic E-state index is 0.0537. The van der Waals surface area contributed by atoms with E-state index in [2.05, 4.69) is 19.2 Å². The highest BCUT2D eigenvalue weighted by Gasteiger charge is 2.40. The van der Waals surface area contributed by atoms with Gasteiger partial charge in [-0.15, -0.1) is 0 Å². The van der Waals surface area contributed by atoms with Crippen molar-refractivity contribution in [3.8, 4) is 0 Å². The van der Waals surface area contributed by atoms with Crippen molar-refractivity contribution in [2.45, 2.75) is 58.4 Å². The third kappa shape index (κ3) is 9.21. The van der Waals surface area contributed by atoms with Crippen molar-refractivity contribution in [3.05, 3.63) is 60.7 Å². The Kier molecular flexibility index (Phi) is 13.5. The molecule has 9 nitrogen and oxygen atoms in total. The topological polar surface area (TPSA) is 85.4 Å². The van der Waals surface area contributed by atoms with Crippen LogP contribution in [0.3, 0.4) is 0 Å². The van der Waals surface area contributed by atoms with Crippen LogP contribution in [0.15, 0.2) is 60.7 Å². The number of hydrogen-bond acceptors (Lipinski definition) is 4. The first-order chi connectivity index (χ1) is 20.0. The summed E-state index contributed by atoms with van der Waals surface area (Å²) in [6, 6.07) is 17.7. The molecule has 1 heterocycles. The summed E-state index contributed by atoms with van der Waals surface area (Å²) < 4.78 is 5.12. The number of nitrogens with one attached hydrogen (secondary N) is 1. The van der Waals surface area contributed by atoms with Gasteiger partial charge >= 0.3 is 12.1 Å². The minimum Gasteiger partial charge on any atom is -0.383 e. The molecule has 5 amide bonds. The quantitative estimate of drug-likeness (QED) is 0.307. The molecule has 9 heteroatoms. The molecule has 3 rings (SSSR count). The number of benzene rings is 2. The summed E-state index contributed by atoms with van der Waals surface area (Å²) in [4.78, 5) is 48.4. The van der Waals surface area contributed by atoms with E-state index >= 15 is 0 Å². The molecule has 1 unspecified atom stereocenters. The maximum atomic E-state index is 14.2. The lowest BCUT2D eigenvalue weighted by molar-refractivity contribution is -0.127. The van der Waals surface area contributed by atoms with Gasteiger partial charge in [0.05, 0.1) is 24.5 Å². The van der Waals surface area contributed by atoms with Crippen molar-refractivity contribution in [2.75, 3.05) is 57.9 Å². The van der Waals surface area contributed by atoms with Crippen molar-refractivity contribution in [2.24, 2.45) is 0 Å². The first-order valence-corrected chi connectivity index (χ1v) is 15.0. The molecule has 1 atom stereocenters. The smallest absolute Gasteiger partial charge is 0.329 e. The lowest BCUT2D eigenvalue weighted by Gasteiger charge is -2.43. The molecule has 0 bridgehead atoms.